The van der Waals surface area contributed by atoms with Crippen LogP contribution < -0.4 is 11.1 Å². The van der Waals surface area contributed by atoms with Gasteiger partial charge in [-0.1, -0.05) is 18.6 Å². The molecule has 1 aromatic carbocycles. The summed E-state index contributed by atoms with van der Waals surface area (Å²) in [6, 6.07) is 6.72. The Labute approximate surface area is 145 Å². The van der Waals surface area contributed by atoms with Gasteiger partial charge in [-0.25, -0.2) is 13.4 Å². The predicted octanol–water partition coefficient (Wildman–Crippen LogP) is 1.92. The highest BCUT2D eigenvalue weighted by molar-refractivity contribution is 7.89. The molecule has 3 N–H and O–H groups in total. The highest BCUT2D eigenvalue weighted by Crippen LogP contribution is 2.25. The van der Waals surface area contributed by atoms with Crippen LogP contribution in [0.5, 0.6) is 0 Å². The van der Waals surface area contributed by atoms with Crippen molar-refractivity contribution in [3.8, 4) is 0 Å². The van der Waals surface area contributed by atoms with E-state index in [2.05, 4.69) is 10.3 Å². The van der Waals surface area contributed by atoms with Gasteiger partial charge in [0, 0.05) is 19.6 Å². The molecule has 0 radical (unpaired) electrons. The molecule has 0 bridgehead atoms. The van der Waals surface area contributed by atoms with Gasteiger partial charge in [0.15, 0.2) is 5.96 Å². The highest BCUT2D eigenvalue weighted by Gasteiger charge is 2.22. The van der Waals surface area contributed by atoms with Crippen LogP contribution in [0.25, 0.3) is 0 Å². The quantitative estimate of drug-likeness (QED) is 0.580. The molecule has 0 atom stereocenters. The van der Waals surface area contributed by atoms with E-state index in [0.29, 0.717) is 17.4 Å². The molecule has 2 rings (SSSR count). The van der Waals surface area contributed by atoms with Crippen molar-refractivity contribution < 1.29 is 8.42 Å². The van der Waals surface area contributed by atoms with Crippen molar-refractivity contribution in [3.63, 3.8) is 0 Å². The first kappa shape index (κ1) is 18.7. The Morgan fingerprint density at radius 1 is 1.33 bits per heavy atom. The summed E-state index contributed by atoms with van der Waals surface area (Å²) in [5.41, 5.74) is 6.78. The standard InChI is InChI=1S/C17H28N4O2S/c1-13(2)21(3)24(22,23)16-9-7-15(8-10-16)12-20-17(18)19-11-14-5-4-6-14/h7-10,13-14H,4-6,11-12H2,1-3H3,(H3,18,19,20). The molecule has 24 heavy (non-hydrogen) atoms. The number of nitrogens with zero attached hydrogens (tertiary/aromatic N) is 2. The largest absolute Gasteiger partial charge is 0.370 e. The molecule has 1 aliphatic carbocycles. The van der Waals surface area contributed by atoms with Crippen LogP contribution in [0.1, 0.15) is 38.7 Å². The molecule has 134 valence electrons. The zero-order chi connectivity index (χ0) is 17.7. The van der Waals surface area contributed by atoms with E-state index in [4.69, 9.17) is 5.73 Å². The summed E-state index contributed by atoms with van der Waals surface area (Å²) in [4.78, 5) is 4.60. The van der Waals surface area contributed by atoms with Gasteiger partial charge in [-0.05, 0) is 50.3 Å². The molecule has 0 amide bonds. The van der Waals surface area contributed by atoms with Crippen molar-refractivity contribution in [2.45, 2.75) is 50.6 Å². The smallest absolute Gasteiger partial charge is 0.243 e. The highest BCUT2D eigenvalue weighted by atomic mass is 32.2. The van der Waals surface area contributed by atoms with Gasteiger partial charge in [0.1, 0.15) is 0 Å². The molecule has 7 heteroatoms. The first-order valence-corrected chi connectivity index (χ1v) is 9.85. The second-order valence-corrected chi connectivity index (χ2v) is 8.64. The lowest BCUT2D eigenvalue weighted by Crippen LogP contribution is -2.37. The number of aliphatic imine (C=N–C) groups is 1. The Hall–Kier alpha value is -1.60. The monoisotopic (exact) mass is 352 g/mol. The van der Waals surface area contributed by atoms with Crippen LogP contribution in [-0.2, 0) is 16.6 Å². The van der Waals surface area contributed by atoms with E-state index in [-0.39, 0.29) is 6.04 Å². The number of nitrogens with two attached hydrogens (primary N) is 1. The van der Waals surface area contributed by atoms with E-state index in [1.807, 2.05) is 13.8 Å². The molecule has 1 aliphatic rings. The van der Waals surface area contributed by atoms with Crippen molar-refractivity contribution in [1.29, 1.82) is 0 Å². The molecule has 0 spiro atoms. The number of hydrogen-bond acceptors (Lipinski definition) is 3. The number of guanidine groups is 1. The molecule has 1 aromatic rings. The number of hydrogen-bond donors (Lipinski definition) is 2. The zero-order valence-corrected chi connectivity index (χ0v) is 15.5. The Morgan fingerprint density at radius 3 is 2.46 bits per heavy atom. The number of sulfonamides is 1. The van der Waals surface area contributed by atoms with Crippen molar-refractivity contribution >= 4 is 16.0 Å². The maximum atomic E-state index is 12.4. The Balaban J connectivity index is 1.94. The summed E-state index contributed by atoms with van der Waals surface area (Å²) in [5, 5.41) is 3.14. The van der Waals surface area contributed by atoms with Crippen LogP contribution in [0.15, 0.2) is 34.2 Å². The minimum Gasteiger partial charge on any atom is -0.370 e. The third-order valence-corrected chi connectivity index (χ3v) is 6.60. The first-order chi connectivity index (χ1) is 11.3. The SMILES string of the molecule is CC(C)N(C)S(=O)(=O)c1ccc(CN=C(N)NCC2CCC2)cc1. The maximum Gasteiger partial charge on any atom is 0.243 e. The molecule has 0 unspecified atom stereocenters. The van der Waals surface area contributed by atoms with Crippen molar-refractivity contribution in [3.05, 3.63) is 29.8 Å². The van der Waals surface area contributed by atoms with E-state index in [9.17, 15) is 8.42 Å². The van der Waals surface area contributed by atoms with Crippen LogP contribution in [0.2, 0.25) is 0 Å². The summed E-state index contributed by atoms with van der Waals surface area (Å²) in [7, 11) is -1.85. The number of rotatable bonds is 7. The van der Waals surface area contributed by atoms with Gasteiger partial charge in [0.2, 0.25) is 10.0 Å². The molecular weight excluding hydrogens is 324 g/mol. The third-order valence-electron chi connectivity index (χ3n) is 4.56. The number of benzene rings is 1. The normalized spacial score (nSPS) is 16.5. The van der Waals surface area contributed by atoms with E-state index in [1.54, 1.807) is 31.3 Å². The van der Waals surface area contributed by atoms with Gasteiger partial charge < -0.3 is 11.1 Å². The second-order valence-electron chi connectivity index (χ2n) is 6.64. The van der Waals surface area contributed by atoms with Crippen LogP contribution in [-0.4, -0.2) is 38.3 Å². The molecule has 0 heterocycles. The van der Waals surface area contributed by atoms with Gasteiger partial charge >= 0.3 is 0 Å². The Kier molecular flexibility index (Phi) is 6.23. The van der Waals surface area contributed by atoms with Crippen LogP contribution >= 0.6 is 0 Å². The predicted molar refractivity (Wildman–Crippen MR) is 97.2 cm³/mol. The maximum absolute atomic E-state index is 12.4. The van der Waals surface area contributed by atoms with Gasteiger partial charge in [0.25, 0.3) is 0 Å². The number of nitrogens with one attached hydrogen (secondary N) is 1. The van der Waals surface area contributed by atoms with Crippen molar-refractivity contribution in [2.75, 3.05) is 13.6 Å². The summed E-state index contributed by atoms with van der Waals surface area (Å²) in [5.74, 6) is 1.17. The third kappa shape index (κ3) is 4.70. The van der Waals surface area contributed by atoms with Gasteiger partial charge in [0.05, 0.1) is 11.4 Å². The fourth-order valence-electron chi connectivity index (χ4n) is 2.39. The van der Waals surface area contributed by atoms with Crippen LogP contribution in [0, 0.1) is 5.92 Å². The summed E-state index contributed by atoms with van der Waals surface area (Å²) in [6.45, 7) is 5.01. The zero-order valence-electron chi connectivity index (χ0n) is 14.7. The second kappa shape index (κ2) is 7.98. The van der Waals surface area contributed by atoms with Gasteiger partial charge in [-0.2, -0.15) is 4.31 Å². The van der Waals surface area contributed by atoms with E-state index in [1.165, 1.54) is 23.6 Å². The minimum atomic E-state index is -3.44. The summed E-state index contributed by atoms with van der Waals surface area (Å²) in [6.07, 6.45) is 3.84. The summed E-state index contributed by atoms with van der Waals surface area (Å²) < 4.78 is 26.2. The first-order valence-electron chi connectivity index (χ1n) is 8.41. The van der Waals surface area contributed by atoms with E-state index < -0.39 is 10.0 Å². The molecule has 6 nitrogen and oxygen atoms in total. The average Bonchev–Trinajstić information content (AvgIpc) is 2.51. The Morgan fingerprint density at radius 2 is 1.96 bits per heavy atom. The lowest BCUT2D eigenvalue weighted by atomic mass is 9.85. The van der Waals surface area contributed by atoms with Gasteiger partial charge in [-0.15, -0.1) is 0 Å². The Bertz CT molecular complexity index is 664. The fraction of sp³-hybridized carbons (Fsp3) is 0.588. The fourth-order valence-corrected chi connectivity index (χ4v) is 3.76. The van der Waals surface area contributed by atoms with Crippen LogP contribution in [0.4, 0.5) is 0 Å². The van der Waals surface area contributed by atoms with E-state index in [0.717, 1.165) is 18.0 Å². The average molecular weight is 353 g/mol. The summed E-state index contributed by atoms with van der Waals surface area (Å²) >= 11 is 0. The topological polar surface area (TPSA) is 87.8 Å². The molecule has 1 fully saturated rings. The van der Waals surface area contributed by atoms with E-state index >= 15 is 0 Å². The van der Waals surface area contributed by atoms with Crippen molar-refractivity contribution in [1.82, 2.24) is 9.62 Å². The molecule has 1 saturated carbocycles. The molecule has 0 aliphatic heterocycles. The lowest BCUT2D eigenvalue weighted by Gasteiger charge is -2.25. The van der Waals surface area contributed by atoms with Crippen molar-refractivity contribution in [2.24, 2.45) is 16.6 Å². The lowest BCUT2D eigenvalue weighted by molar-refractivity contribution is 0.315. The molecule has 0 aromatic heterocycles. The molecule has 0 saturated heterocycles. The van der Waals surface area contributed by atoms with Crippen LogP contribution in [0.3, 0.4) is 0 Å². The van der Waals surface area contributed by atoms with Gasteiger partial charge in [-0.3, -0.25) is 0 Å². The minimum absolute atomic E-state index is 0.0826. The molecular formula is C17H28N4O2S.